The van der Waals surface area contributed by atoms with Gasteiger partial charge in [-0.1, -0.05) is 82.2 Å². The van der Waals surface area contributed by atoms with Crippen LogP contribution in [0.4, 0.5) is 0 Å². The highest BCUT2D eigenvalue weighted by Crippen LogP contribution is 2.65. The van der Waals surface area contributed by atoms with Gasteiger partial charge in [0.15, 0.2) is 0 Å². The van der Waals surface area contributed by atoms with Crippen LogP contribution in [0.25, 0.3) is 0 Å². The Hall–Kier alpha value is -2.71. The molecule has 0 aromatic carbocycles. The number of piperidine rings is 1. The van der Waals surface area contributed by atoms with Crippen molar-refractivity contribution in [1.29, 1.82) is 0 Å². The van der Waals surface area contributed by atoms with Gasteiger partial charge >= 0.3 is 0 Å². The Morgan fingerprint density at radius 1 is 0.950 bits per heavy atom. The topological polar surface area (TPSA) is 125 Å². The van der Waals surface area contributed by atoms with Gasteiger partial charge in [0, 0.05) is 19.5 Å². The number of carbonyl (C=O) groups excluding carboxylic acids is 5. The van der Waals surface area contributed by atoms with E-state index in [4.69, 9.17) is 0 Å². The van der Waals surface area contributed by atoms with Crippen molar-refractivity contribution in [3.8, 4) is 0 Å². The fourth-order valence-electron chi connectivity index (χ4n) is 5.81. The van der Waals surface area contributed by atoms with Crippen LogP contribution < -0.4 is 16.0 Å². The normalized spacial score (nSPS) is 23.4. The molecule has 0 spiro atoms. The summed E-state index contributed by atoms with van der Waals surface area (Å²) in [5, 5.41) is 8.29. The van der Waals surface area contributed by atoms with Crippen molar-refractivity contribution >= 4 is 29.4 Å². The summed E-state index contributed by atoms with van der Waals surface area (Å²) >= 11 is 0. The fourth-order valence-corrected chi connectivity index (χ4v) is 5.81. The minimum absolute atomic E-state index is 0.0812. The number of hydrogen-bond donors (Lipinski definition) is 3. The lowest BCUT2D eigenvalue weighted by Gasteiger charge is -2.38. The number of Topliss-reactive ketones (excluding diaryl/α,β-unsaturated/α-hetero) is 1. The van der Waals surface area contributed by atoms with Gasteiger partial charge in [-0.2, -0.15) is 0 Å². The van der Waals surface area contributed by atoms with Crippen LogP contribution in [-0.2, 0) is 24.0 Å². The van der Waals surface area contributed by atoms with Gasteiger partial charge in [-0.05, 0) is 39.9 Å². The van der Waals surface area contributed by atoms with Crippen molar-refractivity contribution in [1.82, 2.24) is 20.9 Å². The molecule has 1 aliphatic heterocycles. The van der Waals surface area contributed by atoms with Gasteiger partial charge in [0.25, 0.3) is 5.91 Å². The molecule has 40 heavy (non-hydrogen) atoms. The van der Waals surface area contributed by atoms with E-state index in [1.807, 2.05) is 62.3 Å². The lowest BCUT2D eigenvalue weighted by molar-refractivity contribution is -0.147. The molecule has 0 aromatic rings. The third-order valence-corrected chi connectivity index (χ3v) is 7.95. The average Bonchev–Trinajstić information content (AvgIpc) is 3.11. The van der Waals surface area contributed by atoms with Crippen LogP contribution in [0.3, 0.4) is 0 Å². The molecule has 0 bridgehead atoms. The summed E-state index contributed by atoms with van der Waals surface area (Å²) in [6, 6.07) is -2.67. The van der Waals surface area contributed by atoms with Gasteiger partial charge < -0.3 is 20.9 Å². The summed E-state index contributed by atoms with van der Waals surface area (Å²) in [4.78, 5) is 68.0. The van der Waals surface area contributed by atoms with Gasteiger partial charge in [-0.15, -0.1) is 6.58 Å². The molecule has 1 saturated carbocycles. The summed E-state index contributed by atoms with van der Waals surface area (Å²) in [6.45, 7) is 25.6. The van der Waals surface area contributed by atoms with Gasteiger partial charge in [0.1, 0.15) is 12.1 Å². The zero-order valence-electron chi connectivity index (χ0n) is 26.5. The predicted octanol–water partition coefficient (Wildman–Crippen LogP) is 3.23. The first-order valence-corrected chi connectivity index (χ1v) is 14.3. The van der Waals surface area contributed by atoms with Crippen molar-refractivity contribution in [2.24, 2.45) is 33.5 Å². The predicted molar refractivity (Wildman–Crippen MR) is 156 cm³/mol. The van der Waals surface area contributed by atoms with Crippen LogP contribution in [0.15, 0.2) is 12.7 Å². The number of likely N-dealkylation sites (tertiary alicyclic amines) is 1. The van der Waals surface area contributed by atoms with Crippen molar-refractivity contribution in [3.63, 3.8) is 0 Å². The number of hydrogen-bond acceptors (Lipinski definition) is 5. The number of rotatable bonds is 10. The lowest BCUT2D eigenvalue weighted by atomic mass is 9.84. The minimum Gasteiger partial charge on any atom is -0.346 e. The van der Waals surface area contributed by atoms with E-state index in [1.54, 1.807) is 4.90 Å². The maximum Gasteiger partial charge on any atom is 0.289 e. The summed E-state index contributed by atoms with van der Waals surface area (Å²) in [5.41, 5.74) is -1.34. The molecule has 1 heterocycles. The molecule has 2 fully saturated rings. The van der Waals surface area contributed by atoms with E-state index in [-0.39, 0.29) is 59.3 Å². The molecule has 2 rings (SSSR count). The monoisotopic (exact) mass is 560 g/mol. The summed E-state index contributed by atoms with van der Waals surface area (Å²) < 4.78 is 0. The molecule has 0 aromatic heterocycles. The van der Waals surface area contributed by atoms with E-state index < -0.39 is 41.1 Å². The summed E-state index contributed by atoms with van der Waals surface area (Å²) in [7, 11) is 0. The highest BCUT2D eigenvalue weighted by Gasteiger charge is 2.70. The molecule has 2 aliphatic rings. The van der Waals surface area contributed by atoms with Crippen LogP contribution >= 0.6 is 0 Å². The van der Waals surface area contributed by atoms with Crippen LogP contribution in [-0.4, -0.2) is 65.5 Å². The van der Waals surface area contributed by atoms with Crippen molar-refractivity contribution in [2.75, 3.05) is 13.1 Å². The number of amides is 4. The quantitative estimate of drug-likeness (QED) is 0.280. The SMILES string of the molecule is C=CCNC(=O)C(=O)C(CC(C)(C)C)NC(=O)[C@@H]1[C@@H]2[C@H](CN1C(=O)[C@@H](NC(=O)CC(C)(C)C)C(C)(C)C)C2(C)C. The molecular formula is C31H52N4O5. The van der Waals surface area contributed by atoms with Crippen LogP contribution in [0.5, 0.6) is 0 Å². The summed E-state index contributed by atoms with van der Waals surface area (Å²) in [6.07, 6.45) is 2.00. The number of carbonyl (C=O) groups is 5. The van der Waals surface area contributed by atoms with Crippen molar-refractivity contribution in [3.05, 3.63) is 12.7 Å². The van der Waals surface area contributed by atoms with Gasteiger partial charge in [0.05, 0.1) is 6.04 Å². The summed E-state index contributed by atoms with van der Waals surface area (Å²) in [5.74, 6) is -2.43. The molecule has 9 heteroatoms. The standard InChI is InChI=1S/C31H52N4O5/c1-13-14-32-26(39)23(37)19(15-28(2,3)4)33-25(38)22-21-18(31(21,11)12)17-35(22)27(40)24(30(8,9)10)34-20(36)16-29(5,6)7/h13,18-19,21-22,24H,1,14-17H2,2-12H3,(H,32,39)(H,33,38)(H,34,36)/t18-,19?,21-,22-,24+/m0/s1. The van der Waals surface area contributed by atoms with Crippen molar-refractivity contribution < 1.29 is 24.0 Å². The van der Waals surface area contributed by atoms with E-state index in [2.05, 4.69) is 36.4 Å². The molecule has 226 valence electrons. The van der Waals surface area contributed by atoms with E-state index >= 15 is 0 Å². The van der Waals surface area contributed by atoms with Crippen molar-refractivity contribution in [2.45, 2.75) is 107 Å². The molecular weight excluding hydrogens is 508 g/mol. The van der Waals surface area contributed by atoms with Gasteiger partial charge in [-0.25, -0.2) is 0 Å². The molecule has 5 atom stereocenters. The molecule has 3 N–H and O–H groups in total. The Morgan fingerprint density at radius 3 is 2.00 bits per heavy atom. The highest BCUT2D eigenvalue weighted by atomic mass is 16.2. The maximum atomic E-state index is 14.1. The second kappa shape index (κ2) is 11.6. The second-order valence-electron chi connectivity index (χ2n) is 15.7. The average molecular weight is 561 g/mol. The van der Waals surface area contributed by atoms with E-state index in [0.717, 1.165) is 0 Å². The third-order valence-electron chi connectivity index (χ3n) is 7.95. The minimum atomic E-state index is -1.04. The maximum absolute atomic E-state index is 14.1. The molecule has 1 unspecified atom stereocenters. The first-order valence-electron chi connectivity index (χ1n) is 14.3. The zero-order valence-corrected chi connectivity index (χ0v) is 26.5. The first-order chi connectivity index (χ1) is 18.0. The lowest BCUT2D eigenvalue weighted by Crippen LogP contribution is -2.61. The first kappa shape index (κ1) is 33.5. The molecule has 1 aliphatic carbocycles. The zero-order chi connectivity index (χ0) is 31.0. The van der Waals surface area contributed by atoms with Crippen LogP contribution in [0, 0.1) is 33.5 Å². The Morgan fingerprint density at radius 2 is 1.52 bits per heavy atom. The van der Waals surface area contributed by atoms with Crippen LogP contribution in [0.2, 0.25) is 0 Å². The Labute approximate surface area is 240 Å². The Bertz CT molecular complexity index is 1030. The van der Waals surface area contributed by atoms with E-state index in [1.165, 1.54) is 6.08 Å². The van der Waals surface area contributed by atoms with E-state index in [9.17, 15) is 24.0 Å². The number of nitrogens with one attached hydrogen (secondary N) is 3. The molecule has 9 nitrogen and oxygen atoms in total. The van der Waals surface area contributed by atoms with Gasteiger partial charge in [0.2, 0.25) is 23.5 Å². The third kappa shape index (κ3) is 8.16. The number of nitrogens with zero attached hydrogens (tertiary/aromatic N) is 1. The Balaban J connectivity index is 2.36. The highest BCUT2D eigenvalue weighted by molar-refractivity contribution is 6.38. The smallest absolute Gasteiger partial charge is 0.289 e. The second-order valence-corrected chi connectivity index (χ2v) is 15.7. The van der Waals surface area contributed by atoms with Crippen LogP contribution in [0.1, 0.15) is 89.0 Å². The molecule has 1 saturated heterocycles. The number of ketones is 1. The Kier molecular flexibility index (Phi) is 9.75. The van der Waals surface area contributed by atoms with E-state index in [0.29, 0.717) is 6.54 Å². The molecule has 0 radical (unpaired) electrons. The van der Waals surface area contributed by atoms with Gasteiger partial charge in [-0.3, -0.25) is 24.0 Å². The molecule has 4 amide bonds. The fraction of sp³-hybridized carbons (Fsp3) is 0.774. The largest absolute Gasteiger partial charge is 0.346 e. The number of fused-ring (bicyclic) bond motifs is 1.